The van der Waals surface area contributed by atoms with Crippen LogP contribution in [0.5, 0.6) is 0 Å². The van der Waals surface area contributed by atoms with Crippen molar-refractivity contribution in [2.45, 2.75) is 64.6 Å². The summed E-state index contributed by atoms with van der Waals surface area (Å²) in [5.74, 6) is 1.01. The maximum atomic E-state index is 13.2. The van der Waals surface area contributed by atoms with Gasteiger partial charge in [0.2, 0.25) is 11.8 Å². The SMILES string of the molecule is CCn1c(SCC(=O)Nc2nnc(C(C)C)o2)nc2sc3c(c2c1=O)CCC(C)C3. The van der Waals surface area contributed by atoms with Gasteiger partial charge in [0.1, 0.15) is 4.83 Å². The Labute approximate surface area is 182 Å². The smallest absolute Gasteiger partial charge is 0.322 e. The summed E-state index contributed by atoms with van der Waals surface area (Å²) < 4.78 is 7.07. The van der Waals surface area contributed by atoms with Crippen LogP contribution in [0.3, 0.4) is 0 Å². The average molecular weight is 448 g/mol. The standard InChI is InChI=1S/C20H25N5O3S2/c1-5-25-18(27)15-12-7-6-11(4)8-13(12)30-17(15)22-20(25)29-9-14(26)21-19-24-23-16(28-19)10(2)3/h10-11H,5-9H2,1-4H3,(H,21,24,26). The molecule has 8 nitrogen and oxygen atoms in total. The van der Waals surface area contributed by atoms with Crippen LogP contribution in [-0.4, -0.2) is 31.4 Å². The summed E-state index contributed by atoms with van der Waals surface area (Å²) >= 11 is 2.87. The molecule has 0 radical (unpaired) electrons. The lowest BCUT2D eigenvalue weighted by atomic mass is 9.89. The van der Waals surface area contributed by atoms with Gasteiger partial charge in [-0.25, -0.2) is 4.98 Å². The van der Waals surface area contributed by atoms with E-state index < -0.39 is 0 Å². The molecule has 1 unspecified atom stereocenters. The highest BCUT2D eigenvalue weighted by atomic mass is 32.2. The molecule has 1 N–H and O–H groups in total. The number of carbonyl (C=O) groups is 1. The zero-order valence-corrected chi connectivity index (χ0v) is 19.2. The lowest BCUT2D eigenvalue weighted by Gasteiger charge is -2.17. The highest BCUT2D eigenvalue weighted by Crippen LogP contribution is 2.36. The van der Waals surface area contributed by atoms with Gasteiger partial charge in [-0.1, -0.05) is 37.6 Å². The van der Waals surface area contributed by atoms with Gasteiger partial charge in [0, 0.05) is 17.3 Å². The first-order valence-corrected chi connectivity index (χ1v) is 12.0. The first kappa shape index (κ1) is 21.0. The van der Waals surface area contributed by atoms with E-state index in [0.717, 1.165) is 29.5 Å². The van der Waals surface area contributed by atoms with Gasteiger partial charge >= 0.3 is 6.01 Å². The third kappa shape index (κ3) is 4.02. The first-order chi connectivity index (χ1) is 14.4. The number of hydrogen-bond donors (Lipinski definition) is 1. The number of nitrogens with one attached hydrogen (secondary N) is 1. The van der Waals surface area contributed by atoms with Gasteiger partial charge in [-0.15, -0.1) is 16.4 Å². The number of aryl methyl sites for hydroxylation is 1. The Morgan fingerprint density at radius 2 is 2.20 bits per heavy atom. The molecule has 0 saturated heterocycles. The number of thiophene rings is 1. The predicted octanol–water partition coefficient (Wildman–Crippen LogP) is 3.84. The van der Waals surface area contributed by atoms with Crippen LogP contribution >= 0.6 is 23.1 Å². The van der Waals surface area contributed by atoms with Crippen LogP contribution in [0.25, 0.3) is 10.2 Å². The molecule has 160 valence electrons. The summed E-state index contributed by atoms with van der Waals surface area (Å²) in [4.78, 5) is 32.3. The summed E-state index contributed by atoms with van der Waals surface area (Å²) in [6, 6.07) is 0.0839. The molecule has 0 bridgehead atoms. The minimum absolute atomic E-state index is 0.00376. The van der Waals surface area contributed by atoms with E-state index in [-0.39, 0.29) is 29.2 Å². The molecule has 1 aliphatic carbocycles. The van der Waals surface area contributed by atoms with Gasteiger partial charge in [-0.2, -0.15) is 0 Å². The Bertz CT molecular complexity index is 1150. The fourth-order valence-corrected chi connectivity index (χ4v) is 5.88. The van der Waals surface area contributed by atoms with Crippen molar-refractivity contribution in [3.8, 4) is 0 Å². The van der Waals surface area contributed by atoms with Crippen molar-refractivity contribution < 1.29 is 9.21 Å². The molecule has 10 heteroatoms. The molecular weight excluding hydrogens is 422 g/mol. The molecule has 1 atom stereocenters. The molecule has 1 amide bonds. The minimum Gasteiger partial charge on any atom is -0.408 e. The molecule has 0 fully saturated rings. The Morgan fingerprint density at radius 1 is 1.40 bits per heavy atom. The molecule has 0 aromatic carbocycles. The van der Waals surface area contributed by atoms with Crippen molar-refractivity contribution in [1.82, 2.24) is 19.7 Å². The van der Waals surface area contributed by atoms with Crippen LogP contribution in [0.1, 0.15) is 56.4 Å². The van der Waals surface area contributed by atoms with Crippen LogP contribution in [0, 0.1) is 5.92 Å². The molecule has 30 heavy (non-hydrogen) atoms. The zero-order chi connectivity index (χ0) is 21.4. The van der Waals surface area contributed by atoms with Gasteiger partial charge < -0.3 is 4.42 Å². The van der Waals surface area contributed by atoms with Crippen molar-refractivity contribution in [2.24, 2.45) is 5.92 Å². The van der Waals surface area contributed by atoms with Gasteiger partial charge in [0.15, 0.2) is 5.16 Å². The summed E-state index contributed by atoms with van der Waals surface area (Å²) in [7, 11) is 0. The third-order valence-corrected chi connectivity index (χ3v) is 7.33. The van der Waals surface area contributed by atoms with Crippen LogP contribution < -0.4 is 10.9 Å². The number of fused-ring (bicyclic) bond motifs is 3. The molecule has 3 aromatic heterocycles. The van der Waals surface area contributed by atoms with Crippen molar-refractivity contribution in [1.29, 1.82) is 0 Å². The molecule has 0 saturated carbocycles. The lowest BCUT2D eigenvalue weighted by Crippen LogP contribution is -2.24. The maximum Gasteiger partial charge on any atom is 0.322 e. The largest absolute Gasteiger partial charge is 0.408 e. The summed E-state index contributed by atoms with van der Waals surface area (Å²) in [6.45, 7) is 8.55. The van der Waals surface area contributed by atoms with E-state index in [2.05, 4.69) is 22.4 Å². The van der Waals surface area contributed by atoms with Gasteiger partial charge in [-0.3, -0.25) is 19.5 Å². The Kier molecular flexibility index (Phi) is 5.97. The number of amides is 1. The van der Waals surface area contributed by atoms with E-state index in [1.165, 1.54) is 22.2 Å². The molecule has 4 rings (SSSR count). The fraction of sp³-hybridized carbons (Fsp3) is 0.550. The van der Waals surface area contributed by atoms with Crippen molar-refractivity contribution >= 4 is 45.2 Å². The van der Waals surface area contributed by atoms with Crippen LogP contribution in [0.4, 0.5) is 6.01 Å². The predicted molar refractivity (Wildman–Crippen MR) is 118 cm³/mol. The van der Waals surface area contributed by atoms with Crippen LogP contribution in [-0.2, 0) is 24.2 Å². The minimum atomic E-state index is -0.282. The summed E-state index contributed by atoms with van der Waals surface area (Å²) in [5, 5.41) is 11.7. The Hall–Kier alpha value is -2.20. The normalized spacial score (nSPS) is 16.2. The Morgan fingerprint density at radius 3 is 2.90 bits per heavy atom. The molecule has 0 spiro atoms. The van der Waals surface area contributed by atoms with Crippen molar-refractivity contribution in [3.05, 3.63) is 26.7 Å². The van der Waals surface area contributed by atoms with Crippen molar-refractivity contribution in [2.75, 3.05) is 11.1 Å². The highest BCUT2D eigenvalue weighted by Gasteiger charge is 2.24. The number of nitrogens with zero attached hydrogens (tertiary/aromatic N) is 4. The van der Waals surface area contributed by atoms with E-state index >= 15 is 0 Å². The number of carbonyl (C=O) groups excluding carboxylic acids is 1. The molecule has 3 heterocycles. The number of hydrogen-bond acceptors (Lipinski definition) is 8. The highest BCUT2D eigenvalue weighted by molar-refractivity contribution is 7.99. The van der Waals surface area contributed by atoms with E-state index in [0.29, 0.717) is 23.5 Å². The van der Waals surface area contributed by atoms with Gasteiger partial charge in [-0.05, 0) is 37.7 Å². The second-order valence-electron chi connectivity index (χ2n) is 7.91. The third-order valence-electron chi connectivity index (χ3n) is 5.21. The topological polar surface area (TPSA) is 103 Å². The Balaban J connectivity index is 1.54. The summed E-state index contributed by atoms with van der Waals surface area (Å²) in [6.07, 6.45) is 3.05. The lowest BCUT2D eigenvalue weighted by molar-refractivity contribution is -0.113. The van der Waals surface area contributed by atoms with Crippen LogP contribution in [0.2, 0.25) is 0 Å². The van der Waals surface area contributed by atoms with Crippen molar-refractivity contribution in [3.63, 3.8) is 0 Å². The van der Waals surface area contributed by atoms with E-state index in [9.17, 15) is 9.59 Å². The molecule has 1 aliphatic rings. The van der Waals surface area contributed by atoms with Gasteiger partial charge in [0.25, 0.3) is 5.56 Å². The van der Waals surface area contributed by atoms with Gasteiger partial charge in [0.05, 0.1) is 11.1 Å². The monoisotopic (exact) mass is 447 g/mol. The zero-order valence-electron chi connectivity index (χ0n) is 17.5. The maximum absolute atomic E-state index is 13.2. The number of thioether (sulfide) groups is 1. The second-order valence-corrected chi connectivity index (χ2v) is 9.94. The quantitative estimate of drug-likeness (QED) is 0.452. The molecule has 3 aromatic rings. The second kappa shape index (κ2) is 8.50. The van der Waals surface area contributed by atoms with E-state index in [4.69, 9.17) is 9.40 Å². The van der Waals surface area contributed by atoms with E-state index in [1.54, 1.807) is 15.9 Å². The molecular formula is C20H25N5O3S2. The number of rotatable bonds is 6. The average Bonchev–Trinajstić information content (AvgIpc) is 3.30. The summed E-state index contributed by atoms with van der Waals surface area (Å²) in [5.41, 5.74) is 1.18. The van der Waals surface area contributed by atoms with Crippen LogP contribution in [0.15, 0.2) is 14.4 Å². The fourth-order valence-electron chi connectivity index (χ4n) is 3.60. The first-order valence-electron chi connectivity index (χ1n) is 10.2. The number of anilines is 1. The van der Waals surface area contributed by atoms with E-state index in [1.807, 2.05) is 20.8 Å². The molecule has 0 aliphatic heterocycles. The number of aromatic nitrogens is 4.